The van der Waals surface area contributed by atoms with E-state index in [9.17, 15) is 9.90 Å². The van der Waals surface area contributed by atoms with Crippen LogP contribution in [0.25, 0.3) is 0 Å². The van der Waals surface area contributed by atoms with Crippen LogP contribution in [0.5, 0.6) is 0 Å². The third kappa shape index (κ3) is 2.40. The van der Waals surface area contributed by atoms with Gasteiger partial charge in [0, 0.05) is 0 Å². The van der Waals surface area contributed by atoms with Gasteiger partial charge in [0.05, 0.1) is 24.8 Å². The molecule has 16 heavy (non-hydrogen) atoms. The standard InChI is InChI=1S/C12H15NO3/c1-9(14)7-10-3-2-4-11(8-10)13-12(15)5-6-16-13/h2-4,8-9,14H,5-7H2,1H3. The van der Waals surface area contributed by atoms with Crippen LogP contribution in [0.15, 0.2) is 24.3 Å². The zero-order valence-electron chi connectivity index (χ0n) is 9.22. The van der Waals surface area contributed by atoms with Gasteiger partial charge < -0.3 is 5.11 Å². The molecule has 4 heteroatoms. The zero-order chi connectivity index (χ0) is 11.5. The van der Waals surface area contributed by atoms with Gasteiger partial charge in [0.1, 0.15) is 0 Å². The highest BCUT2D eigenvalue weighted by Crippen LogP contribution is 2.21. The van der Waals surface area contributed by atoms with Crippen molar-refractivity contribution in [2.24, 2.45) is 0 Å². The first kappa shape index (κ1) is 11.1. The van der Waals surface area contributed by atoms with Crippen LogP contribution in [0.3, 0.4) is 0 Å². The minimum atomic E-state index is -0.384. The lowest BCUT2D eigenvalue weighted by Gasteiger charge is -2.15. The molecule has 0 saturated carbocycles. The van der Waals surface area contributed by atoms with E-state index in [0.717, 1.165) is 11.3 Å². The monoisotopic (exact) mass is 221 g/mol. The second-order valence-corrected chi connectivity index (χ2v) is 3.99. The Labute approximate surface area is 94.4 Å². The van der Waals surface area contributed by atoms with Crippen molar-refractivity contribution in [3.05, 3.63) is 29.8 Å². The molecule has 0 aromatic heterocycles. The molecule has 0 radical (unpaired) electrons. The predicted octanol–water partition coefficient (Wildman–Crippen LogP) is 1.28. The Hall–Kier alpha value is -1.39. The Morgan fingerprint density at radius 1 is 1.56 bits per heavy atom. The fourth-order valence-electron chi connectivity index (χ4n) is 1.77. The summed E-state index contributed by atoms with van der Waals surface area (Å²) in [4.78, 5) is 16.7. The third-order valence-electron chi connectivity index (χ3n) is 2.44. The molecular weight excluding hydrogens is 206 g/mol. The average Bonchev–Trinajstić information content (AvgIpc) is 2.64. The molecule has 4 nitrogen and oxygen atoms in total. The first-order valence-electron chi connectivity index (χ1n) is 5.39. The number of nitrogens with zero attached hydrogens (tertiary/aromatic N) is 1. The summed E-state index contributed by atoms with van der Waals surface area (Å²) in [7, 11) is 0. The van der Waals surface area contributed by atoms with Gasteiger partial charge in [-0.3, -0.25) is 9.63 Å². The molecule has 1 fully saturated rings. The molecular formula is C12H15NO3. The van der Waals surface area contributed by atoms with Gasteiger partial charge in [-0.2, -0.15) is 5.06 Å². The summed E-state index contributed by atoms with van der Waals surface area (Å²) in [5.41, 5.74) is 1.73. The number of hydroxylamine groups is 1. The second kappa shape index (κ2) is 4.63. The van der Waals surface area contributed by atoms with E-state index < -0.39 is 0 Å². The lowest BCUT2D eigenvalue weighted by molar-refractivity contribution is -0.119. The number of amides is 1. The Bertz CT molecular complexity index is 390. The normalized spacial score (nSPS) is 17.9. The van der Waals surface area contributed by atoms with Crippen molar-refractivity contribution >= 4 is 11.6 Å². The van der Waals surface area contributed by atoms with Crippen LogP contribution < -0.4 is 5.06 Å². The maximum absolute atomic E-state index is 11.5. The van der Waals surface area contributed by atoms with Crippen molar-refractivity contribution in [1.82, 2.24) is 0 Å². The van der Waals surface area contributed by atoms with Gasteiger partial charge in [0.15, 0.2) is 0 Å². The Morgan fingerprint density at radius 3 is 3.00 bits per heavy atom. The molecule has 1 aliphatic rings. The number of aliphatic hydroxyl groups is 1. The van der Waals surface area contributed by atoms with E-state index in [1.807, 2.05) is 24.3 Å². The van der Waals surface area contributed by atoms with Crippen LogP contribution in [-0.4, -0.2) is 23.7 Å². The van der Waals surface area contributed by atoms with Gasteiger partial charge in [0.2, 0.25) is 0 Å². The van der Waals surface area contributed by atoms with Crippen molar-refractivity contribution in [3.63, 3.8) is 0 Å². The molecule has 1 N–H and O–H groups in total. The van der Waals surface area contributed by atoms with Gasteiger partial charge in [-0.15, -0.1) is 0 Å². The highest BCUT2D eigenvalue weighted by atomic mass is 16.7. The molecule has 1 unspecified atom stereocenters. The predicted molar refractivity (Wildman–Crippen MR) is 59.9 cm³/mol. The Morgan fingerprint density at radius 2 is 2.38 bits per heavy atom. The van der Waals surface area contributed by atoms with Crippen LogP contribution >= 0.6 is 0 Å². The number of carbonyl (C=O) groups is 1. The van der Waals surface area contributed by atoms with Gasteiger partial charge in [0.25, 0.3) is 5.91 Å². The van der Waals surface area contributed by atoms with Crippen LogP contribution in [0.1, 0.15) is 18.9 Å². The zero-order valence-corrected chi connectivity index (χ0v) is 9.22. The topological polar surface area (TPSA) is 49.8 Å². The van der Waals surface area contributed by atoms with E-state index in [-0.39, 0.29) is 12.0 Å². The number of carbonyl (C=O) groups excluding carboxylic acids is 1. The molecule has 1 saturated heterocycles. The number of benzene rings is 1. The van der Waals surface area contributed by atoms with Crippen molar-refractivity contribution in [2.75, 3.05) is 11.7 Å². The summed E-state index contributed by atoms with van der Waals surface area (Å²) in [6.45, 7) is 2.18. The van der Waals surface area contributed by atoms with Gasteiger partial charge in [-0.1, -0.05) is 12.1 Å². The molecule has 1 aromatic carbocycles. The summed E-state index contributed by atoms with van der Waals surface area (Å²) >= 11 is 0. The van der Waals surface area contributed by atoms with E-state index in [0.29, 0.717) is 19.4 Å². The van der Waals surface area contributed by atoms with E-state index in [4.69, 9.17) is 4.84 Å². The van der Waals surface area contributed by atoms with E-state index in [1.165, 1.54) is 5.06 Å². The molecule has 0 spiro atoms. The third-order valence-corrected chi connectivity index (χ3v) is 2.44. The lowest BCUT2D eigenvalue weighted by atomic mass is 10.1. The first-order valence-corrected chi connectivity index (χ1v) is 5.39. The van der Waals surface area contributed by atoms with Crippen molar-refractivity contribution < 1.29 is 14.7 Å². The fraction of sp³-hybridized carbons (Fsp3) is 0.417. The van der Waals surface area contributed by atoms with E-state index >= 15 is 0 Å². The summed E-state index contributed by atoms with van der Waals surface area (Å²) in [5.74, 6) is -0.0193. The summed E-state index contributed by atoms with van der Waals surface area (Å²) in [5, 5.41) is 10.6. The summed E-state index contributed by atoms with van der Waals surface area (Å²) in [6.07, 6.45) is 0.627. The quantitative estimate of drug-likeness (QED) is 0.836. The number of aliphatic hydroxyl groups excluding tert-OH is 1. The summed E-state index contributed by atoms with van der Waals surface area (Å²) < 4.78 is 0. The van der Waals surface area contributed by atoms with Crippen LogP contribution in [0, 0.1) is 0 Å². The highest BCUT2D eigenvalue weighted by molar-refractivity contribution is 5.92. The van der Waals surface area contributed by atoms with E-state index in [1.54, 1.807) is 6.92 Å². The van der Waals surface area contributed by atoms with Gasteiger partial charge >= 0.3 is 0 Å². The van der Waals surface area contributed by atoms with Crippen molar-refractivity contribution in [3.8, 4) is 0 Å². The lowest BCUT2D eigenvalue weighted by Crippen LogP contribution is -2.22. The largest absolute Gasteiger partial charge is 0.393 e. The molecule has 0 aliphatic carbocycles. The molecule has 1 aromatic rings. The minimum Gasteiger partial charge on any atom is -0.393 e. The number of rotatable bonds is 3. The molecule has 1 amide bonds. The minimum absolute atomic E-state index is 0.0193. The van der Waals surface area contributed by atoms with Gasteiger partial charge in [-0.05, 0) is 31.0 Å². The molecule has 1 heterocycles. The SMILES string of the molecule is CC(O)Cc1cccc(N2OCCC2=O)c1. The maximum Gasteiger partial charge on any atom is 0.253 e. The van der Waals surface area contributed by atoms with Crippen LogP contribution in [0.2, 0.25) is 0 Å². The fourth-order valence-corrected chi connectivity index (χ4v) is 1.77. The van der Waals surface area contributed by atoms with Crippen molar-refractivity contribution in [2.45, 2.75) is 25.9 Å². The first-order chi connectivity index (χ1) is 7.66. The Balaban J connectivity index is 2.18. The second-order valence-electron chi connectivity index (χ2n) is 3.99. The van der Waals surface area contributed by atoms with Gasteiger partial charge in [-0.25, -0.2) is 0 Å². The number of hydrogen-bond acceptors (Lipinski definition) is 3. The van der Waals surface area contributed by atoms with Crippen LogP contribution in [-0.2, 0) is 16.1 Å². The maximum atomic E-state index is 11.5. The Kier molecular flexibility index (Phi) is 3.22. The number of hydrogen-bond donors (Lipinski definition) is 1. The molecule has 0 bridgehead atoms. The highest BCUT2D eigenvalue weighted by Gasteiger charge is 2.23. The number of anilines is 1. The smallest absolute Gasteiger partial charge is 0.253 e. The molecule has 1 atom stereocenters. The average molecular weight is 221 g/mol. The molecule has 1 aliphatic heterocycles. The van der Waals surface area contributed by atoms with Crippen molar-refractivity contribution in [1.29, 1.82) is 0 Å². The van der Waals surface area contributed by atoms with E-state index in [2.05, 4.69) is 0 Å². The summed E-state index contributed by atoms with van der Waals surface area (Å²) in [6, 6.07) is 7.49. The molecule has 86 valence electrons. The molecule has 2 rings (SSSR count). The van der Waals surface area contributed by atoms with Crippen LogP contribution in [0.4, 0.5) is 5.69 Å².